The number of aliphatic imine (C=N–C) groups is 1. The molecule has 2 aliphatic rings. The van der Waals surface area contributed by atoms with Gasteiger partial charge >= 0.3 is 0 Å². The summed E-state index contributed by atoms with van der Waals surface area (Å²) < 4.78 is 0. The molecule has 1 heterocycles. The fourth-order valence-electron chi connectivity index (χ4n) is 3.36. The number of likely N-dealkylation sites (tertiary alicyclic amines) is 1. The maximum absolute atomic E-state index is 11.8. The number of guanidine groups is 1. The Hall–Kier alpha value is -2.08. The molecule has 0 radical (unpaired) electrons. The van der Waals surface area contributed by atoms with Crippen LogP contribution in [0.5, 0.6) is 0 Å². The number of rotatable bonds is 8. The standard InChI is InChI=1S/C20H31N5O/c1-2-21-20(23-14-19(26)24-17-10-11-17)22-13-18-9-6-12-25(18)15-16-7-4-3-5-8-16/h3-5,7-8,17-18H,2,6,9-15H2,1H3,(H,24,26)(H2,21,22,23). The van der Waals surface area contributed by atoms with Crippen molar-refractivity contribution in [2.24, 2.45) is 4.99 Å². The van der Waals surface area contributed by atoms with Crippen LogP contribution < -0.4 is 16.0 Å². The summed E-state index contributed by atoms with van der Waals surface area (Å²) >= 11 is 0. The van der Waals surface area contributed by atoms with Gasteiger partial charge in [-0.25, -0.2) is 4.99 Å². The molecule has 26 heavy (non-hydrogen) atoms. The number of nitrogens with zero attached hydrogens (tertiary/aromatic N) is 2. The van der Waals surface area contributed by atoms with Crippen LogP contribution in [0.3, 0.4) is 0 Å². The van der Waals surface area contributed by atoms with Crippen LogP contribution >= 0.6 is 0 Å². The third kappa shape index (κ3) is 6.02. The number of benzene rings is 1. The van der Waals surface area contributed by atoms with Crippen LogP contribution in [-0.2, 0) is 11.3 Å². The van der Waals surface area contributed by atoms with E-state index in [1.165, 1.54) is 18.4 Å². The predicted octanol–water partition coefficient (Wildman–Crippen LogP) is 1.48. The van der Waals surface area contributed by atoms with Gasteiger partial charge in [-0.05, 0) is 44.7 Å². The number of nitrogens with one attached hydrogen (secondary N) is 3. The van der Waals surface area contributed by atoms with Crippen LogP contribution in [0.25, 0.3) is 0 Å². The third-order valence-corrected chi connectivity index (χ3v) is 4.90. The van der Waals surface area contributed by atoms with Crippen LogP contribution in [0.4, 0.5) is 0 Å². The summed E-state index contributed by atoms with van der Waals surface area (Å²) in [5.74, 6) is 0.737. The molecule has 6 heteroatoms. The number of hydrogen-bond acceptors (Lipinski definition) is 3. The van der Waals surface area contributed by atoms with Gasteiger partial charge < -0.3 is 16.0 Å². The minimum absolute atomic E-state index is 0.0104. The summed E-state index contributed by atoms with van der Waals surface area (Å²) in [5.41, 5.74) is 1.36. The Bertz CT molecular complexity index is 599. The lowest BCUT2D eigenvalue weighted by atomic mass is 10.2. The van der Waals surface area contributed by atoms with E-state index in [9.17, 15) is 4.79 Å². The Morgan fingerprint density at radius 1 is 1.19 bits per heavy atom. The second-order valence-electron chi connectivity index (χ2n) is 7.17. The molecule has 0 spiro atoms. The fraction of sp³-hybridized carbons (Fsp3) is 0.600. The molecular weight excluding hydrogens is 326 g/mol. The second-order valence-corrected chi connectivity index (χ2v) is 7.17. The highest BCUT2D eigenvalue weighted by molar-refractivity contribution is 5.85. The van der Waals surface area contributed by atoms with Gasteiger partial charge in [0.25, 0.3) is 0 Å². The molecule has 1 amide bonds. The smallest absolute Gasteiger partial charge is 0.242 e. The van der Waals surface area contributed by atoms with Crippen molar-refractivity contribution in [3.8, 4) is 0 Å². The molecule has 6 nitrogen and oxygen atoms in total. The molecule has 3 rings (SSSR count). The van der Waals surface area contributed by atoms with Crippen molar-refractivity contribution in [2.75, 3.05) is 26.2 Å². The van der Waals surface area contributed by atoms with Crippen LogP contribution in [0.2, 0.25) is 0 Å². The van der Waals surface area contributed by atoms with Crippen molar-refractivity contribution in [3.05, 3.63) is 35.9 Å². The predicted molar refractivity (Wildman–Crippen MR) is 105 cm³/mol. The molecule has 142 valence electrons. The second kappa shape index (κ2) is 9.57. The van der Waals surface area contributed by atoms with Gasteiger partial charge in [0.2, 0.25) is 5.91 Å². The van der Waals surface area contributed by atoms with Crippen molar-refractivity contribution in [3.63, 3.8) is 0 Å². The van der Waals surface area contributed by atoms with Gasteiger partial charge in [0.1, 0.15) is 6.54 Å². The van der Waals surface area contributed by atoms with Gasteiger partial charge in [-0.3, -0.25) is 9.69 Å². The molecule has 3 N–H and O–H groups in total. The summed E-state index contributed by atoms with van der Waals surface area (Å²) in [6.45, 7) is 5.99. The van der Waals surface area contributed by atoms with E-state index in [4.69, 9.17) is 0 Å². The lowest BCUT2D eigenvalue weighted by Gasteiger charge is -2.25. The van der Waals surface area contributed by atoms with Crippen LogP contribution in [-0.4, -0.2) is 55.0 Å². The Balaban J connectivity index is 1.48. The molecule has 1 saturated carbocycles. The van der Waals surface area contributed by atoms with Crippen LogP contribution in [0, 0.1) is 0 Å². The van der Waals surface area contributed by atoms with E-state index in [1.54, 1.807) is 0 Å². The van der Waals surface area contributed by atoms with Crippen LogP contribution in [0.15, 0.2) is 35.3 Å². The normalized spacial score (nSPS) is 20.8. The van der Waals surface area contributed by atoms with E-state index >= 15 is 0 Å². The van der Waals surface area contributed by atoms with Gasteiger partial charge in [-0.2, -0.15) is 0 Å². The average molecular weight is 358 g/mol. The van der Waals surface area contributed by atoms with Gasteiger partial charge in [-0.15, -0.1) is 0 Å². The average Bonchev–Trinajstić information content (AvgIpc) is 3.35. The highest BCUT2D eigenvalue weighted by atomic mass is 16.2. The van der Waals surface area contributed by atoms with Crippen molar-refractivity contribution in [1.29, 1.82) is 0 Å². The minimum Gasteiger partial charge on any atom is -0.357 e. The first-order valence-corrected chi connectivity index (χ1v) is 9.84. The largest absolute Gasteiger partial charge is 0.357 e. The van der Waals surface area contributed by atoms with E-state index in [0.717, 1.165) is 45.0 Å². The topological polar surface area (TPSA) is 68.8 Å². The minimum atomic E-state index is 0.0104. The summed E-state index contributed by atoms with van der Waals surface area (Å²) in [6.07, 6.45) is 4.64. The molecule has 0 aromatic heterocycles. The summed E-state index contributed by atoms with van der Waals surface area (Å²) in [7, 11) is 0. The molecule has 0 bridgehead atoms. The highest BCUT2D eigenvalue weighted by Gasteiger charge is 2.25. The molecule has 1 aliphatic heterocycles. The molecule has 1 unspecified atom stereocenters. The Kier molecular flexibility index (Phi) is 6.89. The number of carbonyl (C=O) groups is 1. The maximum Gasteiger partial charge on any atom is 0.242 e. The van der Waals surface area contributed by atoms with Gasteiger partial charge in [-0.1, -0.05) is 30.3 Å². The van der Waals surface area contributed by atoms with Crippen molar-refractivity contribution in [1.82, 2.24) is 20.9 Å². The number of carbonyl (C=O) groups excluding carboxylic acids is 1. The van der Waals surface area contributed by atoms with E-state index in [2.05, 4.69) is 56.2 Å². The summed E-state index contributed by atoms with van der Waals surface area (Å²) in [5, 5.41) is 9.63. The lowest BCUT2D eigenvalue weighted by Crippen LogP contribution is -2.45. The SMILES string of the molecule is CCNC(=NCC(=O)NC1CC1)NCC1CCCN1Cc1ccccc1. The molecule has 1 aliphatic carbocycles. The van der Waals surface area contributed by atoms with Crippen molar-refractivity contribution in [2.45, 2.75) is 51.2 Å². The summed E-state index contributed by atoms with van der Waals surface area (Å²) in [6, 6.07) is 11.5. The van der Waals surface area contributed by atoms with E-state index in [0.29, 0.717) is 12.1 Å². The third-order valence-electron chi connectivity index (χ3n) is 4.90. The number of amides is 1. The van der Waals surface area contributed by atoms with Crippen molar-refractivity contribution >= 4 is 11.9 Å². The molecule has 1 atom stereocenters. The fourth-order valence-corrected chi connectivity index (χ4v) is 3.36. The Morgan fingerprint density at radius 3 is 2.73 bits per heavy atom. The first kappa shape index (κ1) is 18.7. The van der Waals surface area contributed by atoms with E-state index in [1.807, 2.05) is 6.92 Å². The van der Waals surface area contributed by atoms with E-state index < -0.39 is 0 Å². The van der Waals surface area contributed by atoms with Gasteiger partial charge in [0.15, 0.2) is 5.96 Å². The monoisotopic (exact) mass is 357 g/mol. The van der Waals surface area contributed by atoms with Gasteiger partial charge in [0.05, 0.1) is 0 Å². The number of hydrogen-bond donors (Lipinski definition) is 3. The zero-order valence-electron chi connectivity index (χ0n) is 15.7. The van der Waals surface area contributed by atoms with Crippen molar-refractivity contribution < 1.29 is 4.79 Å². The molecule has 1 aromatic rings. The van der Waals surface area contributed by atoms with Gasteiger partial charge in [0, 0.05) is 31.7 Å². The Morgan fingerprint density at radius 2 is 2.00 bits per heavy atom. The Labute approximate surface area is 156 Å². The van der Waals surface area contributed by atoms with E-state index in [-0.39, 0.29) is 12.5 Å². The zero-order chi connectivity index (χ0) is 18.2. The van der Waals surface area contributed by atoms with Crippen LogP contribution in [0.1, 0.15) is 38.2 Å². The molecular formula is C20H31N5O. The maximum atomic E-state index is 11.8. The molecule has 1 aromatic carbocycles. The molecule has 2 fully saturated rings. The zero-order valence-corrected chi connectivity index (χ0v) is 15.7. The quantitative estimate of drug-likeness (QED) is 0.487. The lowest BCUT2D eigenvalue weighted by molar-refractivity contribution is -0.119. The molecule has 1 saturated heterocycles. The first-order valence-electron chi connectivity index (χ1n) is 9.84. The summed E-state index contributed by atoms with van der Waals surface area (Å²) in [4.78, 5) is 18.8. The highest BCUT2D eigenvalue weighted by Crippen LogP contribution is 2.19. The first-order chi connectivity index (χ1) is 12.7.